The van der Waals surface area contributed by atoms with E-state index in [1.807, 2.05) is 0 Å². The smallest absolute Gasteiger partial charge is 0.358 e. The third-order valence-electron chi connectivity index (χ3n) is 4.50. The molecular formula is C20H31Cl3N2O2. The monoisotopic (exact) mass is 436 g/mol. The normalized spacial score (nSPS) is 11.0. The average Bonchev–Trinajstić information content (AvgIpc) is 2.66. The van der Waals surface area contributed by atoms with E-state index < -0.39 is 5.97 Å². The lowest BCUT2D eigenvalue weighted by atomic mass is 10.1. The first-order valence-corrected chi connectivity index (χ1v) is 11.1. The minimum Gasteiger partial charge on any atom is -0.461 e. The van der Waals surface area contributed by atoms with E-state index in [4.69, 9.17) is 45.3 Å². The summed E-state index contributed by atoms with van der Waals surface area (Å²) in [5, 5.41) is -0.0425. The Bertz CT molecular complexity index is 583. The molecule has 0 amide bonds. The summed E-state index contributed by atoms with van der Waals surface area (Å²) >= 11 is 17.7. The molecule has 27 heavy (non-hydrogen) atoms. The van der Waals surface area contributed by atoms with Crippen molar-refractivity contribution in [3.63, 3.8) is 0 Å². The quantitative estimate of drug-likeness (QED) is 0.186. The van der Waals surface area contributed by atoms with E-state index in [1.54, 1.807) is 0 Å². The van der Waals surface area contributed by atoms with Gasteiger partial charge in [-0.25, -0.2) is 9.78 Å². The van der Waals surface area contributed by atoms with Crippen LogP contribution in [0.4, 0.5) is 5.69 Å². The minimum absolute atomic E-state index is 0.0240. The molecule has 1 aromatic rings. The minimum atomic E-state index is -0.631. The van der Waals surface area contributed by atoms with E-state index in [0.717, 1.165) is 19.3 Å². The molecule has 0 spiro atoms. The Morgan fingerprint density at radius 2 is 1.33 bits per heavy atom. The molecule has 0 aliphatic carbocycles. The average molecular weight is 438 g/mol. The zero-order valence-electron chi connectivity index (χ0n) is 16.2. The van der Waals surface area contributed by atoms with E-state index in [2.05, 4.69) is 11.9 Å². The van der Waals surface area contributed by atoms with E-state index in [1.165, 1.54) is 57.8 Å². The molecule has 0 atom stereocenters. The molecule has 154 valence electrons. The van der Waals surface area contributed by atoms with E-state index in [9.17, 15) is 4.79 Å². The first-order chi connectivity index (χ1) is 13.0. The third-order valence-corrected chi connectivity index (χ3v) is 5.63. The SMILES string of the molecule is CCCCCCCCCCCCCCOC(=O)c1nc(Cl)c(Cl)c(N)c1Cl. The lowest BCUT2D eigenvalue weighted by molar-refractivity contribution is 0.0491. The maximum absolute atomic E-state index is 12.1. The molecule has 0 saturated heterocycles. The zero-order valence-corrected chi connectivity index (χ0v) is 18.4. The van der Waals surface area contributed by atoms with Gasteiger partial charge >= 0.3 is 5.97 Å². The fourth-order valence-electron chi connectivity index (χ4n) is 2.84. The van der Waals surface area contributed by atoms with Crippen LogP contribution < -0.4 is 5.73 Å². The number of nitrogen functional groups attached to an aromatic ring is 1. The van der Waals surface area contributed by atoms with Gasteiger partial charge in [0.2, 0.25) is 0 Å². The van der Waals surface area contributed by atoms with Crippen molar-refractivity contribution in [3.05, 3.63) is 20.9 Å². The molecule has 7 heteroatoms. The van der Waals surface area contributed by atoms with E-state index in [0.29, 0.717) is 6.61 Å². The lowest BCUT2D eigenvalue weighted by Crippen LogP contribution is -2.11. The second-order valence-electron chi connectivity index (χ2n) is 6.82. The highest BCUT2D eigenvalue weighted by Gasteiger charge is 2.20. The summed E-state index contributed by atoms with van der Waals surface area (Å²) in [5.74, 6) is -0.631. The Hall–Kier alpha value is -0.710. The van der Waals surface area contributed by atoms with Gasteiger partial charge in [-0.05, 0) is 6.42 Å². The number of unbranched alkanes of at least 4 members (excludes halogenated alkanes) is 11. The van der Waals surface area contributed by atoms with Crippen LogP contribution >= 0.6 is 34.8 Å². The number of hydrogen-bond acceptors (Lipinski definition) is 4. The van der Waals surface area contributed by atoms with Crippen LogP contribution in [0.25, 0.3) is 0 Å². The number of nitrogens with zero attached hydrogens (tertiary/aromatic N) is 1. The number of aromatic nitrogens is 1. The van der Waals surface area contributed by atoms with Crippen molar-refractivity contribution in [2.75, 3.05) is 12.3 Å². The van der Waals surface area contributed by atoms with Gasteiger partial charge in [-0.2, -0.15) is 0 Å². The van der Waals surface area contributed by atoms with Crippen LogP contribution in [0.5, 0.6) is 0 Å². The number of nitrogens with two attached hydrogens (primary N) is 1. The number of carbonyl (C=O) groups excluding carboxylic acids is 1. The van der Waals surface area contributed by atoms with Crippen molar-refractivity contribution in [1.29, 1.82) is 0 Å². The van der Waals surface area contributed by atoms with Crippen LogP contribution in [-0.2, 0) is 4.74 Å². The predicted octanol–water partition coefficient (Wildman–Crippen LogP) is 7.48. The summed E-state index contributed by atoms with van der Waals surface area (Å²) in [5.41, 5.74) is 5.64. The van der Waals surface area contributed by atoms with Gasteiger partial charge < -0.3 is 10.5 Å². The molecule has 1 heterocycles. The van der Waals surface area contributed by atoms with Crippen molar-refractivity contribution in [2.45, 2.75) is 84.0 Å². The van der Waals surface area contributed by atoms with Crippen LogP contribution in [0.15, 0.2) is 0 Å². The molecule has 0 radical (unpaired) electrons. The van der Waals surface area contributed by atoms with Gasteiger partial charge in [0.05, 0.1) is 17.3 Å². The molecule has 4 nitrogen and oxygen atoms in total. The van der Waals surface area contributed by atoms with Crippen LogP contribution in [0, 0.1) is 0 Å². The number of carbonyl (C=O) groups is 1. The van der Waals surface area contributed by atoms with Crippen molar-refractivity contribution in [3.8, 4) is 0 Å². The Morgan fingerprint density at radius 1 is 0.852 bits per heavy atom. The van der Waals surface area contributed by atoms with Gasteiger partial charge in [0.15, 0.2) is 10.8 Å². The summed E-state index contributed by atoms with van der Waals surface area (Å²) in [6.45, 7) is 2.57. The van der Waals surface area contributed by atoms with E-state index >= 15 is 0 Å². The molecule has 0 aliphatic heterocycles. The van der Waals surface area contributed by atoms with Crippen LogP contribution in [0.2, 0.25) is 15.2 Å². The summed E-state index contributed by atoms with van der Waals surface area (Å²) in [7, 11) is 0. The number of pyridine rings is 1. The summed E-state index contributed by atoms with van der Waals surface area (Å²) in [6, 6.07) is 0. The summed E-state index contributed by atoms with van der Waals surface area (Å²) in [4.78, 5) is 15.9. The largest absolute Gasteiger partial charge is 0.461 e. The molecule has 0 unspecified atom stereocenters. The van der Waals surface area contributed by atoms with E-state index in [-0.39, 0.29) is 26.6 Å². The van der Waals surface area contributed by atoms with Crippen molar-refractivity contribution < 1.29 is 9.53 Å². The van der Waals surface area contributed by atoms with Gasteiger partial charge in [0.25, 0.3) is 0 Å². The van der Waals surface area contributed by atoms with Gasteiger partial charge in [0, 0.05) is 0 Å². The topological polar surface area (TPSA) is 65.2 Å². The highest BCUT2D eigenvalue weighted by Crippen LogP contribution is 2.34. The van der Waals surface area contributed by atoms with Crippen molar-refractivity contribution >= 4 is 46.5 Å². The Kier molecular flexibility index (Phi) is 12.9. The summed E-state index contributed by atoms with van der Waals surface area (Å²) in [6.07, 6.45) is 15.0. The molecule has 0 fully saturated rings. The van der Waals surface area contributed by atoms with Gasteiger partial charge in [-0.3, -0.25) is 0 Å². The molecule has 0 bridgehead atoms. The first kappa shape index (κ1) is 24.3. The lowest BCUT2D eigenvalue weighted by Gasteiger charge is -2.09. The third kappa shape index (κ3) is 9.36. The predicted molar refractivity (Wildman–Crippen MR) is 115 cm³/mol. The molecule has 0 aromatic carbocycles. The Labute approximate surface area is 178 Å². The number of esters is 1. The van der Waals surface area contributed by atoms with Crippen molar-refractivity contribution in [2.24, 2.45) is 0 Å². The van der Waals surface area contributed by atoms with Gasteiger partial charge in [0.1, 0.15) is 5.02 Å². The number of ether oxygens (including phenoxy) is 1. The van der Waals surface area contributed by atoms with Crippen LogP contribution in [-0.4, -0.2) is 17.6 Å². The van der Waals surface area contributed by atoms with Gasteiger partial charge in [-0.15, -0.1) is 0 Å². The molecule has 0 aliphatic rings. The van der Waals surface area contributed by atoms with Crippen LogP contribution in [0.3, 0.4) is 0 Å². The maximum atomic E-state index is 12.1. The zero-order chi connectivity index (χ0) is 20.1. The highest BCUT2D eigenvalue weighted by molar-refractivity contribution is 6.46. The number of anilines is 1. The first-order valence-electron chi connectivity index (χ1n) is 9.96. The molecule has 2 N–H and O–H groups in total. The van der Waals surface area contributed by atoms with Crippen LogP contribution in [0.1, 0.15) is 94.5 Å². The molecule has 0 saturated carbocycles. The maximum Gasteiger partial charge on any atom is 0.358 e. The Morgan fingerprint density at radius 3 is 1.85 bits per heavy atom. The second-order valence-corrected chi connectivity index (χ2v) is 7.93. The number of hydrogen-bond donors (Lipinski definition) is 1. The second kappa shape index (κ2) is 14.3. The number of rotatable bonds is 14. The van der Waals surface area contributed by atoms with Gasteiger partial charge in [-0.1, -0.05) is 112 Å². The standard InChI is InChI=1S/C20H31Cl3N2O2/c1-2-3-4-5-6-7-8-9-10-11-12-13-14-27-20(26)18-15(21)17(24)16(22)19(23)25-18/h2-14H2,1H3,(H2,24,25). The Balaban J connectivity index is 2.08. The fraction of sp³-hybridized carbons (Fsp3) is 0.700. The summed E-state index contributed by atoms with van der Waals surface area (Å²) < 4.78 is 5.21. The number of halogens is 3. The highest BCUT2D eigenvalue weighted by atomic mass is 35.5. The fourth-order valence-corrected chi connectivity index (χ4v) is 3.43. The van der Waals surface area contributed by atoms with Crippen molar-refractivity contribution in [1.82, 2.24) is 4.98 Å². The molecule has 1 rings (SSSR count). The molecular weight excluding hydrogens is 407 g/mol. The molecule has 1 aromatic heterocycles.